The van der Waals surface area contributed by atoms with Crippen LogP contribution in [0.15, 0.2) is 84.9 Å². The molecule has 3 aromatic rings. The SMILES string of the molecule is CCOc1ccc(CN(CCC(c2ccccc2)c2ccccc2)C(=O)CC(C)CC(C)(C)C)cc1. The molecule has 36 heavy (non-hydrogen) atoms. The second-order valence-electron chi connectivity index (χ2n) is 11.1. The summed E-state index contributed by atoms with van der Waals surface area (Å²) in [4.78, 5) is 15.7. The Morgan fingerprint density at radius 3 is 1.92 bits per heavy atom. The predicted octanol–water partition coefficient (Wildman–Crippen LogP) is 8.10. The molecule has 1 unspecified atom stereocenters. The predicted molar refractivity (Wildman–Crippen MR) is 150 cm³/mol. The zero-order valence-corrected chi connectivity index (χ0v) is 22.7. The number of ether oxygens (including phenoxy) is 1. The number of carbonyl (C=O) groups excluding carboxylic acids is 1. The maximum Gasteiger partial charge on any atom is 0.223 e. The van der Waals surface area contributed by atoms with Gasteiger partial charge in [0.2, 0.25) is 5.91 Å². The van der Waals surface area contributed by atoms with E-state index in [1.165, 1.54) is 11.1 Å². The molecule has 3 aromatic carbocycles. The van der Waals surface area contributed by atoms with E-state index in [-0.39, 0.29) is 17.2 Å². The summed E-state index contributed by atoms with van der Waals surface area (Å²) in [7, 11) is 0. The molecule has 0 heterocycles. The van der Waals surface area contributed by atoms with Crippen LogP contribution in [-0.4, -0.2) is 24.0 Å². The van der Waals surface area contributed by atoms with Crippen LogP contribution in [0.5, 0.6) is 5.75 Å². The van der Waals surface area contributed by atoms with Crippen molar-refractivity contribution < 1.29 is 9.53 Å². The van der Waals surface area contributed by atoms with Crippen LogP contribution in [0.25, 0.3) is 0 Å². The average Bonchev–Trinajstić information content (AvgIpc) is 2.85. The summed E-state index contributed by atoms with van der Waals surface area (Å²) in [6, 6.07) is 29.5. The number of hydrogen-bond donors (Lipinski definition) is 0. The van der Waals surface area contributed by atoms with Crippen LogP contribution >= 0.6 is 0 Å². The minimum Gasteiger partial charge on any atom is -0.494 e. The first-order chi connectivity index (χ1) is 17.2. The topological polar surface area (TPSA) is 29.5 Å². The summed E-state index contributed by atoms with van der Waals surface area (Å²) in [5.41, 5.74) is 3.92. The van der Waals surface area contributed by atoms with Crippen LogP contribution in [0.1, 0.15) is 76.5 Å². The van der Waals surface area contributed by atoms with Gasteiger partial charge in [-0.2, -0.15) is 0 Å². The molecule has 0 spiro atoms. The van der Waals surface area contributed by atoms with Crippen LogP contribution in [0.2, 0.25) is 0 Å². The van der Waals surface area contributed by atoms with E-state index >= 15 is 0 Å². The summed E-state index contributed by atoms with van der Waals surface area (Å²) < 4.78 is 5.61. The molecule has 0 aliphatic rings. The van der Waals surface area contributed by atoms with E-state index < -0.39 is 0 Å². The fourth-order valence-corrected chi connectivity index (χ4v) is 5.10. The highest BCUT2D eigenvalue weighted by Crippen LogP contribution is 2.30. The van der Waals surface area contributed by atoms with Gasteiger partial charge < -0.3 is 9.64 Å². The van der Waals surface area contributed by atoms with Crippen LogP contribution in [0, 0.1) is 11.3 Å². The van der Waals surface area contributed by atoms with E-state index in [0.717, 1.165) is 24.2 Å². The summed E-state index contributed by atoms with van der Waals surface area (Å²) in [6.45, 7) is 12.9. The van der Waals surface area contributed by atoms with Crippen LogP contribution in [0.4, 0.5) is 0 Å². The van der Waals surface area contributed by atoms with Gasteiger partial charge in [-0.05, 0) is 59.9 Å². The first-order valence-electron chi connectivity index (χ1n) is 13.3. The van der Waals surface area contributed by atoms with Gasteiger partial charge in [0.25, 0.3) is 0 Å². The third-order valence-electron chi connectivity index (χ3n) is 6.54. The van der Waals surface area contributed by atoms with Crippen molar-refractivity contribution in [1.82, 2.24) is 4.90 Å². The van der Waals surface area contributed by atoms with E-state index in [1.807, 2.05) is 19.1 Å². The van der Waals surface area contributed by atoms with E-state index in [4.69, 9.17) is 4.74 Å². The normalized spacial score (nSPS) is 12.4. The van der Waals surface area contributed by atoms with Crippen molar-refractivity contribution in [3.63, 3.8) is 0 Å². The minimum atomic E-state index is 0.214. The molecular weight excluding hydrogens is 442 g/mol. The summed E-state index contributed by atoms with van der Waals surface area (Å²) >= 11 is 0. The fourth-order valence-electron chi connectivity index (χ4n) is 5.10. The molecule has 0 aliphatic heterocycles. The standard InChI is InChI=1S/C33H43NO2/c1-6-36-30-19-17-27(18-20-30)25-34(32(35)23-26(2)24-33(3,4)5)22-21-31(28-13-9-7-10-14-28)29-15-11-8-12-16-29/h7-20,26,31H,6,21-25H2,1-5H3. The first-order valence-corrected chi connectivity index (χ1v) is 13.3. The third kappa shape index (κ3) is 8.86. The Hall–Kier alpha value is -3.07. The molecule has 192 valence electrons. The van der Waals surface area contributed by atoms with E-state index in [2.05, 4.69) is 105 Å². The zero-order valence-electron chi connectivity index (χ0n) is 22.7. The lowest BCUT2D eigenvalue weighted by Gasteiger charge is -2.29. The maximum atomic E-state index is 13.6. The van der Waals surface area contributed by atoms with Gasteiger partial charge in [-0.25, -0.2) is 0 Å². The van der Waals surface area contributed by atoms with Gasteiger partial charge in [-0.15, -0.1) is 0 Å². The van der Waals surface area contributed by atoms with Gasteiger partial charge in [0.1, 0.15) is 5.75 Å². The van der Waals surface area contributed by atoms with Gasteiger partial charge >= 0.3 is 0 Å². The molecule has 0 radical (unpaired) electrons. The maximum absolute atomic E-state index is 13.6. The van der Waals surface area contributed by atoms with Gasteiger partial charge in [0.15, 0.2) is 0 Å². The number of hydrogen-bond acceptors (Lipinski definition) is 2. The molecule has 1 atom stereocenters. The Labute approximate surface area is 218 Å². The molecule has 0 fully saturated rings. The minimum absolute atomic E-state index is 0.214. The third-order valence-corrected chi connectivity index (χ3v) is 6.54. The van der Waals surface area contributed by atoms with Crippen molar-refractivity contribution in [2.75, 3.05) is 13.2 Å². The average molecular weight is 486 g/mol. The molecule has 1 amide bonds. The number of benzene rings is 3. The van der Waals surface area contributed by atoms with Crippen molar-refractivity contribution in [3.8, 4) is 5.75 Å². The Morgan fingerprint density at radius 2 is 1.42 bits per heavy atom. The zero-order chi connectivity index (χ0) is 26.0. The highest BCUT2D eigenvalue weighted by molar-refractivity contribution is 5.76. The summed E-state index contributed by atoms with van der Waals surface area (Å²) in [5.74, 6) is 1.70. The molecule has 3 nitrogen and oxygen atoms in total. The van der Waals surface area contributed by atoms with Crippen LogP contribution in [-0.2, 0) is 11.3 Å². The number of nitrogens with zero attached hydrogens (tertiary/aromatic N) is 1. The molecule has 3 heteroatoms. The van der Waals surface area contributed by atoms with Crippen molar-refractivity contribution in [3.05, 3.63) is 102 Å². The second kappa shape index (κ2) is 13.3. The van der Waals surface area contributed by atoms with Crippen LogP contribution in [0.3, 0.4) is 0 Å². The lowest BCUT2D eigenvalue weighted by atomic mass is 9.84. The molecule has 0 aromatic heterocycles. The van der Waals surface area contributed by atoms with Crippen molar-refractivity contribution in [2.45, 2.75) is 66.3 Å². The lowest BCUT2D eigenvalue weighted by molar-refractivity contribution is -0.133. The highest BCUT2D eigenvalue weighted by Gasteiger charge is 2.23. The lowest BCUT2D eigenvalue weighted by Crippen LogP contribution is -2.33. The molecule has 0 N–H and O–H groups in total. The van der Waals surface area contributed by atoms with E-state index in [9.17, 15) is 4.79 Å². The smallest absolute Gasteiger partial charge is 0.223 e. The number of carbonyl (C=O) groups is 1. The van der Waals surface area contributed by atoms with Gasteiger partial charge in [0.05, 0.1) is 6.61 Å². The molecular formula is C33H43NO2. The van der Waals surface area contributed by atoms with Crippen molar-refractivity contribution in [1.29, 1.82) is 0 Å². The van der Waals surface area contributed by atoms with Crippen molar-refractivity contribution in [2.24, 2.45) is 11.3 Å². The Balaban J connectivity index is 1.79. The van der Waals surface area contributed by atoms with Crippen LogP contribution < -0.4 is 4.74 Å². The highest BCUT2D eigenvalue weighted by atomic mass is 16.5. The monoisotopic (exact) mass is 485 g/mol. The van der Waals surface area contributed by atoms with Gasteiger partial charge in [-0.1, -0.05) is 100 Å². The largest absolute Gasteiger partial charge is 0.494 e. The fraction of sp³-hybridized carbons (Fsp3) is 0.424. The summed E-state index contributed by atoms with van der Waals surface area (Å²) in [5, 5.41) is 0. The van der Waals surface area contributed by atoms with E-state index in [1.54, 1.807) is 0 Å². The van der Waals surface area contributed by atoms with E-state index in [0.29, 0.717) is 32.0 Å². The van der Waals surface area contributed by atoms with Crippen molar-refractivity contribution >= 4 is 5.91 Å². The Kier molecular flexibility index (Phi) is 10.2. The molecule has 0 bridgehead atoms. The molecule has 0 saturated carbocycles. The first kappa shape index (κ1) is 27.5. The Morgan fingerprint density at radius 1 is 0.861 bits per heavy atom. The molecule has 0 aliphatic carbocycles. The quantitative estimate of drug-likeness (QED) is 0.259. The number of rotatable bonds is 12. The summed E-state index contributed by atoms with van der Waals surface area (Å²) in [6.07, 6.45) is 2.49. The Bertz CT molecular complexity index is 999. The number of amides is 1. The second-order valence-corrected chi connectivity index (χ2v) is 11.1. The van der Waals surface area contributed by atoms with Gasteiger partial charge in [-0.3, -0.25) is 4.79 Å². The van der Waals surface area contributed by atoms with Gasteiger partial charge in [0, 0.05) is 25.4 Å². The molecule has 3 rings (SSSR count). The molecule has 0 saturated heterocycles.